The quantitative estimate of drug-likeness (QED) is 0.897. The van der Waals surface area contributed by atoms with Gasteiger partial charge in [0.15, 0.2) is 0 Å². The van der Waals surface area contributed by atoms with E-state index in [0.717, 1.165) is 55.4 Å². The van der Waals surface area contributed by atoms with Crippen molar-refractivity contribution in [3.63, 3.8) is 0 Å². The third-order valence-electron chi connectivity index (χ3n) is 3.88. The van der Waals surface area contributed by atoms with Crippen LogP contribution >= 0.6 is 0 Å². The van der Waals surface area contributed by atoms with Gasteiger partial charge in [0, 0.05) is 24.8 Å². The number of nitrogens with zero attached hydrogens (tertiary/aromatic N) is 3. The van der Waals surface area contributed by atoms with E-state index in [2.05, 4.69) is 40.1 Å². The van der Waals surface area contributed by atoms with Crippen LogP contribution in [0.25, 0.3) is 0 Å². The lowest BCUT2D eigenvalue weighted by atomic mass is 9.96. The fraction of sp³-hybridized carbons (Fsp3) is 0.750. The Bertz CT molecular complexity index is 402. The molecule has 0 spiro atoms. The summed E-state index contributed by atoms with van der Waals surface area (Å²) in [5.41, 5.74) is 1.06. The van der Waals surface area contributed by atoms with E-state index in [0.29, 0.717) is 0 Å². The van der Waals surface area contributed by atoms with Crippen molar-refractivity contribution in [3.8, 4) is 0 Å². The van der Waals surface area contributed by atoms with E-state index in [1.54, 1.807) is 0 Å². The Hall–Kier alpha value is -1.16. The summed E-state index contributed by atoms with van der Waals surface area (Å²) in [7, 11) is 0. The highest BCUT2D eigenvalue weighted by Crippen LogP contribution is 2.22. The van der Waals surface area contributed by atoms with Crippen molar-refractivity contribution < 1.29 is 0 Å². The highest BCUT2D eigenvalue weighted by Gasteiger charge is 2.20. The molecule has 0 unspecified atom stereocenters. The van der Waals surface area contributed by atoms with Gasteiger partial charge in [-0.3, -0.25) is 0 Å². The maximum absolute atomic E-state index is 4.57. The van der Waals surface area contributed by atoms with Gasteiger partial charge in [-0.15, -0.1) is 0 Å². The van der Waals surface area contributed by atoms with E-state index in [-0.39, 0.29) is 0 Å². The Morgan fingerprint density at radius 3 is 2.55 bits per heavy atom. The van der Waals surface area contributed by atoms with Gasteiger partial charge in [-0.25, -0.2) is 9.97 Å². The summed E-state index contributed by atoms with van der Waals surface area (Å²) in [6.45, 7) is 13.1. The molecule has 0 radical (unpaired) electrons. The number of anilines is 1. The first-order chi connectivity index (χ1) is 9.54. The van der Waals surface area contributed by atoms with Crippen molar-refractivity contribution >= 4 is 5.82 Å². The van der Waals surface area contributed by atoms with Crippen LogP contribution in [-0.2, 0) is 0 Å². The second kappa shape index (κ2) is 7.02. The third-order valence-corrected chi connectivity index (χ3v) is 3.88. The lowest BCUT2D eigenvalue weighted by Crippen LogP contribution is -2.38. The minimum absolute atomic E-state index is 0.738. The van der Waals surface area contributed by atoms with Crippen molar-refractivity contribution in [3.05, 3.63) is 17.6 Å². The van der Waals surface area contributed by atoms with Gasteiger partial charge < -0.3 is 10.2 Å². The first kappa shape index (κ1) is 15.2. The molecule has 112 valence electrons. The average Bonchev–Trinajstić information content (AvgIpc) is 2.38. The summed E-state index contributed by atoms with van der Waals surface area (Å²) < 4.78 is 0. The molecule has 1 saturated heterocycles. The lowest BCUT2D eigenvalue weighted by molar-refractivity contribution is 0.373. The molecule has 1 N–H and O–H groups in total. The highest BCUT2D eigenvalue weighted by atomic mass is 15.2. The first-order valence-corrected chi connectivity index (χ1v) is 7.82. The van der Waals surface area contributed by atoms with Gasteiger partial charge in [0.05, 0.1) is 0 Å². The summed E-state index contributed by atoms with van der Waals surface area (Å²) in [5.74, 6) is 3.53. The molecule has 0 aliphatic carbocycles. The van der Waals surface area contributed by atoms with Crippen molar-refractivity contribution in [1.82, 2.24) is 15.3 Å². The first-order valence-electron chi connectivity index (χ1n) is 7.82. The summed E-state index contributed by atoms with van der Waals surface area (Å²) >= 11 is 0. The summed E-state index contributed by atoms with van der Waals surface area (Å²) in [6, 6.07) is 2.10. The van der Waals surface area contributed by atoms with Crippen molar-refractivity contribution in [2.24, 2.45) is 11.8 Å². The Kier molecular flexibility index (Phi) is 5.35. The van der Waals surface area contributed by atoms with E-state index >= 15 is 0 Å². The molecule has 1 aliphatic rings. The molecule has 0 bridgehead atoms. The van der Waals surface area contributed by atoms with Crippen molar-refractivity contribution in [2.45, 2.75) is 40.5 Å². The van der Waals surface area contributed by atoms with Crippen LogP contribution in [0.5, 0.6) is 0 Å². The molecule has 0 saturated carbocycles. The predicted octanol–water partition coefficient (Wildman–Crippen LogP) is 2.56. The van der Waals surface area contributed by atoms with E-state index in [4.69, 9.17) is 0 Å². The zero-order chi connectivity index (χ0) is 14.5. The standard InChI is InChI=1S/C16H28N4/c1-12(2)10-17-11-15-5-7-20(8-6-15)16-9-13(3)18-14(4)19-16/h9,12,15,17H,5-8,10-11H2,1-4H3. The molecule has 4 nitrogen and oxygen atoms in total. The lowest BCUT2D eigenvalue weighted by Gasteiger charge is -2.33. The number of hydrogen-bond acceptors (Lipinski definition) is 4. The smallest absolute Gasteiger partial charge is 0.132 e. The molecule has 0 atom stereocenters. The van der Waals surface area contributed by atoms with Crippen LogP contribution in [0.2, 0.25) is 0 Å². The third kappa shape index (κ3) is 4.44. The van der Waals surface area contributed by atoms with Crippen LogP contribution in [0.1, 0.15) is 38.2 Å². The maximum atomic E-state index is 4.57. The minimum atomic E-state index is 0.738. The summed E-state index contributed by atoms with van der Waals surface area (Å²) in [5, 5.41) is 3.58. The molecular weight excluding hydrogens is 248 g/mol. The molecule has 4 heteroatoms. The average molecular weight is 276 g/mol. The zero-order valence-corrected chi connectivity index (χ0v) is 13.3. The van der Waals surface area contributed by atoms with Crippen LogP contribution in [0.4, 0.5) is 5.82 Å². The predicted molar refractivity (Wildman–Crippen MR) is 84.2 cm³/mol. The highest BCUT2D eigenvalue weighted by molar-refractivity contribution is 5.40. The molecule has 1 aliphatic heterocycles. The normalized spacial score (nSPS) is 16.9. The molecular formula is C16H28N4. The van der Waals surface area contributed by atoms with E-state index < -0.39 is 0 Å². The molecule has 1 aromatic rings. The Morgan fingerprint density at radius 2 is 1.95 bits per heavy atom. The molecule has 1 fully saturated rings. The van der Waals surface area contributed by atoms with Crippen LogP contribution in [0.15, 0.2) is 6.07 Å². The molecule has 2 heterocycles. The van der Waals surface area contributed by atoms with Crippen LogP contribution in [-0.4, -0.2) is 36.1 Å². The van der Waals surface area contributed by atoms with E-state index in [1.165, 1.54) is 12.8 Å². The fourth-order valence-electron chi connectivity index (χ4n) is 2.80. The second-order valence-corrected chi connectivity index (χ2v) is 6.40. The number of hydrogen-bond donors (Lipinski definition) is 1. The summed E-state index contributed by atoms with van der Waals surface area (Å²) in [6.07, 6.45) is 2.51. The van der Waals surface area contributed by atoms with Gasteiger partial charge in [0.1, 0.15) is 11.6 Å². The van der Waals surface area contributed by atoms with Crippen molar-refractivity contribution in [1.29, 1.82) is 0 Å². The van der Waals surface area contributed by atoms with Gasteiger partial charge in [-0.05, 0) is 51.6 Å². The van der Waals surface area contributed by atoms with Gasteiger partial charge in [0.2, 0.25) is 0 Å². The van der Waals surface area contributed by atoms with Crippen LogP contribution in [0, 0.1) is 25.7 Å². The van der Waals surface area contributed by atoms with Crippen molar-refractivity contribution in [2.75, 3.05) is 31.1 Å². The minimum Gasteiger partial charge on any atom is -0.356 e. The van der Waals surface area contributed by atoms with Gasteiger partial charge in [0.25, 0.3) is 0 Å². The van der Waals surface area contributed by atoms with E-state index in [9.17, 15) is 0 Å². The number of piperidine rings is 1. The largest absolute Gasteiger partial charge is 0.356 e. The fourth-order valence-corrected chi connectivity index (χ4v) is 2.80. The number of aromatic nitrogens is 2. The number of aryl methyl sites for hydroxylation is 2. The van der Waals surface area contributed by atoms with E-state index in [1.807, 2.05) is 13.8 Å². The summed E-state index contributed by atoms with van der Waals surface area (Å²) in [4.78, 5) is 11.3. The van der Waals surface area contributed by atoms with Gasteiger partial charge in [-0.2, -0.15) is 0 Å². The Labute approximate surface area is 123 Å². The van der Waals surface area contributed by atoms with Crippen LogP contribution < -0.4 is 10.2 Å². The Balaban J connectivity index is 1.81. The van der Waals surface area contributed by atoms with Gasteiger partial charge in [-0.1, -0.05) is 13.8 Å². The maximum Gasteiger partial charge on any atom is 0.132 e. The molecule has 0 aromatic carbocycles. The second-order valence-electron chi connectivity index (χ2n) is 6.40. The number of nitrogens with one attached hydrogen (secondary N) is 1. The Morgan fingerprint density at radius 1 is 1.25 bits per heavy atom. The molecule has 20 heavy (non-hydrogen) atoms. The SMILES string of the molecule is Cc1cc(N2CCC(CNCC(C)C)CC2)nc(C)n1. The molecule has 2 rings (SSSR count). The zero-order valence-electron chi connectivity index (χ0n) is 13.3. The topological polar surface area (TPSA) is 41.0 Å². The monoisotopic (exact) mass is 276 g/mol. The number of rotatable bonds is 5. The van der Waals surface area contributed by atoms with Crippen LogP contribution in [0.3, 0.4) is 0 Å². The van der Waals surface area contributed by atoms with Gasteiger partial charge >= 0.3 is 0 Å². The molecule has 0 amide bonds. The molecule has 1 aromatic heterocycles.